The van der Waals surface area contributed by atoms with Crippen LogP contribution >= 0.6 is 0 Å². The van der Waals surface area contributed by atoms with Crippen molar-refractivity contribution in [1.82, 2.24) is 4.90 Å². The Labute approximate surface area is 86.3 Å². The van der Waals surface area contributed by atoms with Crippen LogP contribution in [0.4, 0.5) is 0 Å². The van der Waals surface area contributed by atoms with Crippen LogP contribution in [0.5, 0.6) is 0 Å². The summed E-state index contributed by atoms with van der Waals surface area (Å²) in [5.74, 6) is -1.27. The molecule has 1 heterocycles. The lowest BCUT2D eigenvalue weighted by Crippen LogP contribution is -2.40. The van der Waals surface area contributed by atoms with Crippen molar-refractivity contribution >= 4 is 11.9 Å². The van der Waals surface area contributed by atoms with Gasteiger partial charge in [-0.3, -0.25) is 4.79 Å². The van der Waals surface area contributed by atoms with Crippen LogP contribution < -0.4 is 0 Å². The molecule has 1 saturated heterocycles. The van der Waals surface area contributed by atoms with Crippen molar-refractivity contribution < 1.29 is 14.7 Å². The van der Waals surface area contributed by atoms with Gasteiger partial charge in [0.25, 0.3) is 0 Å². The molecule has 1 fully saturated rings. The Hall–Kier alpha value is -1.75. The molecule has 0 aromatic rings. The summed E-state index contributed by atoms with van der Waals surface area (Å²) in [6, 6.07) is -0.812. The van der Waals surface area contributed by atoms with E-state index in [1.807, 2.05) is 0 Å². The zero-order valence-corrected chi connectivity index (χ0v) is 8.33. The Morgan fingerprint density at radius 3 is 3.07 bits per heavy atom. The Bertz CT molecular complexity index is 324. The second-order valence-electron chi connectivity index (χ2n) is 3.54. The van der Waals surface area contributed by atoms with Gasteiger partial charge < -0.3 is 10.0 Å². The monoisotopic (exact) mass is 212 g/mol. The number of aliphatic carboxylic acids is 1. The number of azide groups is 1. The average Bonchev–Trinajstić information content (AvgIpc) is 2.55. The van der Waals surface area contributed by atoms with E-state index in [1.165, 1.54) is 11.8 Å². The SMILES string of the molecule is CC(C(=O)O)N1CC(CN=[N+]=[N-])CC1=O. The Balaban J connectivity index is 2.60. The normalized spacial score (nSPS) is 22.3. The van der Waals surface area contributed by atoms with Crippen molar-refractivity contribution in [2.45, 2.75) is 19.4 Å². The van der Waals surface area contributed by atoms with Crippen LogP contribution in [0.15, 0.2) is 5.11 Å². The molecule has 2 unspecified atom stereocenters. The lowest BCUT2D eigenvalue weighted by Gasteiger charge is -2.20. The van der Waals surface area contributed by atoms with Crippen LogP contribution in [-0.2, 0) is 9.59 Å². The number of amides is 1. The summed E-state index contributed by atoms with van der Waals surface area (Å²) >= 11 is 0. The van der Waals surface area contributed by atoms with Gasteiger partial charge in [-0.05, 0) is 18.4 Å². The third kappa shape index (κ3) is 2.60. The van der Waals surface area contributed by atoms with Crippen molar-refractivity contribution in [3.8, 4) is 0 Å². The van der Waals surface area contributed by atoms with Crippen molar-refractivity contribution in [3.63, 3.8) is 0 Å². The Morgan fingerprint density at radius 1 is 1.87 bits per heavy atom. The van der Waals surface area contributed by atoms with E-state index in [4.69, 9.17) is 10.6 Å². The summed E-state index contributed by atoms with van der Waals surface area (Å²) in [7, 11) is 0. The fourth-order valence-electron chi connectivity index (χ4n) is 1.59. The summed E-state index contributed by atoms with van der Waals surface area (Å²) in [5, 5.41) is 12.1. The second-order valence-corrected chi connectivity index (χ2v) is 3.54. The summed E-state index contributed by atoms with van der Waals surface area (Å²) < 4.78 is 0. The molecule has 1 aliphatic heterocycles. The lowest BCUT2D eigenvalue weighted by atomic mass is 10.1. The molecule has 0 saturated carbocycles. The van der Waals surface area contributed by atoms with Crippen molar-refractivity contribution in [2.24, 2.45) is 11.0 Å². The van der Waals surface area contributed by atoms with E-state index in [9.17, 15) is 9.59 Å². The van der Waals surface area contributed by atoms with Gasteiger partial charge in [0.1, 0.15) is 6.04 Å². The molecule has 2 atom stereocenters. The van der Waals surface area contributed by atoms with Gasteiger partial charge >= 0.3 is 5.97 Å². The maximum atomic E-state index is 11.4. The number of carbonyl (C=O) groups excluding carboxylic acids is 1. The molecule has 1 N–H and O–H groups in total. The van der Waals surface area contributed by atoms with Crippen molar-refractivity contribution in [1.29, 1.82) is 0 Å². The highest BCUT2D eigenvalue weighted by Crippen LogP contribution is 2.20. The predicted octanol–water partition coefficient (Wildman–Crippen LogP) is 0.618. The first kappa shape index (κ1) is 11.3. The van der Waals surface area contributed by atoms with Gasteiger partial charge in [-0.15, -0.1) is 0 Å². The highest BCUT2D eigenvalue weighted by Gasteiger charge is 2.34. The first-order chi connectivity index (χ1) is 7.06. The van der Waals surface area contributed by atoms with Crippen LogP contribution in [0.1, 0.15) is 13.3 Å². The molecular weight excluding hydrogens is 200 g/mol. The molecule has 0 aliphatic carbocycles. The molecule has 7 heteroatoms. The summed E-state index contributed by atoms with van der Waals surface area (Å²) in [5.41, 5.74) is 8.12. The fraction of sp³-hybridized carbons (Fsp3) is 0.750. The number of rotatable bonds is 4. The number of carboxylic acids is 1. The van der Waals surface area contributed by atoms with Gasteiger partial charge in [0.05, 0.1) is 0 Å². The van der Waals surface area contributed by atoms with Crippen LogP contribution in [0, 0.1) is 5.92 Å². The minimum absolute atomic E-state index is 0.0600. The highest BCUT2D eigenvalue weighted by atomic mass is 16.4. The minimum atomic E-state index is -1.02. The molecule has 0 aromatic heterocycles. The van der Waals surface area contributed by atoms with Crippen LogP contribution in [0.25, 0.3) is 10.4 Å². The predicted molar refractivity (Wildman–Crippen MR) is 50.9 cm³/mol. The minimum Gasteiger partial charge on any atom is -0.480 e. The van der Waals surface area contributed by atoms with E-state index >= 15 is 0 Å². The average molecular weight is 212 g/mol. The standard InChI is InChI=1S/C8H12N4O3/c1-5(8(14)15)12-4-6(2-7(12)13)3-10-11-9/h5-6H,2-4H2,1H3,(H,14,15). The number of nitrogens with zero attached hydrogens (tertiary/aromatic N) is 4. The summed E-state index contributed by atoms with van der Waals surface area (Å²) in [4.78, 5) is 26.0. The van der Waals surface area contributed by atoms with Crippen LogP contribution in [-0.4, -0.2) is 41.0 Å². The van der Waals surface area contributed by atoms with Gasteiger partial charge in [0.2, 0.25) is 5.91 Å². The van der Waals surface area contributed by atoms with Gasteiger partial charge in [0.15, 0.2) is 0 Å². The zero-order valence-electron chi connectivity index (χ0n) is 8.33. The molecule has 0 spiro atoms. The first-order valence-corrected chi connectivity index (χ1v) is 4.59. The largest absolute Gasteiger partial charge is 0.480 e. The molecule has 1 aliphatic rings. The van der Waals surface area contributed by atoms with E-state index in [2.05, 4.69) is 10.0 Å². The maximum Gasteiger partial charge on any atom is 0.326 e. The number of hydrogen-bond acceptors (Lipinski definition) is 3. The second kappa shape index (κ2) is 4.65. The lowest BCUT2D eigenvalue weighted by molar-refractivity contribution is -0.147. The molecule has 82 valence electrons. The van der Waals surface area contributed by atoms with E-state index in [1.54, 1.807) is 0 Å². The Morgan fingerprint density at radius 2 is 2.53 bits per heavy atom. The summed E-state index contributed by atoms with van der Waals surface area (Å²) in [6.45, 7) is 2.06. The molecular formula is C8H12N4O3. The zero-order chi connectivity index (χ0) is 11.4. The van der Waals surface area contributed by atoms with Gasteiger partial charge in [-0.25, -0.2) is 4.79 Å². The fourth-order valence-corrected chi connectivity index (χ4v) is 1.59. The first-order valence-electron chi connectivity index (χ1n) is 4.59. The van der Waals surface area contributed by atoms with E-state index < -0.39 is 12.0 Å². The van der Waals surface area contributed by atoms with E-state index in [-0.39, 0.29) is 24.8 Å². The third-order valence-electron chi connectivity index (χ3n) is 2.47. The van der Waals surface area contributed by atoms with Gasteiger partial charge in [-0.1, -0.05) is 5.11 Å². The molecule has 0 radical (unpaired) electrons. The number of likely N-dealkylation sites (tertiary alicyclic amines) is 1. The maximum absolute atomic E-state index is 11.4. The molecule has 1 amide bonds. The number of carbonyl (C=O) groups is 2. The van der Waals surface area contributed by atoms with E-state index in [0.717, 1.165) is 0 Å². The molecule has 0 bridgehead atoms. The number of hydrogen-bond donors (Lipinski definition) is 1. The quantitative estimate of drug-likeness (QED) is 0.419. The molecule has 15 heavy (non-hydrogen) atoms. The molecule has 0 aromatic carbocycles. The van der Waals surface area contributed by atoms with Gasteiger partial charge in [0, 0.05) is 24.4 Å². The van der Waals surface area contributed by atoms with E-state index in [0.29, 0.717) is 6.54 Å². The molecule has 7 nitrogen and oxygen atoms in total. The van der Waals surface area contributed by atoms with Crippen LogP contribution in [0.3, 0.4) is 0 Å². The van der Waals surface area contributed by atoms with Crippen molar-refractivity contribution in [2.75, 3.05) is 13.1 Å². The van der Waals surface area contributed by atoms with Gasteiger partial charge in [-0.2, -0.15) is 0 Å². The molecule has 1 rings (SSSR count). The summed E-state index contributed by atoms with van der Waals surface area (Å²) in [6.07, 6.45) is 0.261. The Kier molecular flexibility index (Phi) is 3.51. The highest BCUT2D eigenvalue weighted by molar-refractivity contribution is 5.85. The third-order valence-corrected chi connectivity index (χ3v) is 2.47. The number of carboxylic acid groups (broad SMARTS) is 1. The van der Waals surface area contributed by atoms with Crippen LogP contribution in [0.2, 0.25) is 0 Å². The van der Waals surface area contributed by atoms with Crippen molar-refractivity contribution in [3.05, 3.63) is 10.4 Å². The smallest absolute Gasteiger partial charge is 0.326 e. The topological polar surface area (TPSA) is 106 Å².